The zero-order valence-corrected chi connectivity index (χ0v) is 13.5. The summed E-state index contributed by atoms with van der Waals surface area (Å²) in [5, 5.41) is 9.57. The highest BCUT2D eigenvalue weighted by Gasteiger charge is 2.31. The van der Waals surface area contributed by atoms with Crippen molar-refractivity contribution >= 4 is 27.3 Å². The Bertz CT molecular complexity index is 697. The molecule has 3 rings (SSSR count). The molecular weight excluding hydrogens is 301 g/mol. The minimum atomic E-state index is -0.261. The van der Waals surface area contributed by atoms with Crippen molar-refractivity contribution in [2.45, 2.75) is 38.6 Å². The van der Waals surface area contributed by atoms with Crippen molar-refractivity contribution < 1.29 is 14.3 Å². The summed E-state index contributed by atoms with van der Waals surface area (Å²) in [4.78, 5) is 15.4. The van der Waals surface area contributed by atoms with E-state index in [2.05, 4.69) is 0 Å². The lowest BCUT2D eigenvalue weighted by atomic mass is 10.1. The van der Waals surface area contributed by atoms with Gasteiger partial charge >= 0.3 is 0 Å². The molecule has 2 heterocycles. The number of aliphatic hydroxyl groups excluding tert-OH is 1. The first-order valence-corrected chi connectivity index (χ1v) is 8.54. The van der Waals surface area contributed by atoms with Crippen LogP contribution in [0.4, 0.5) is 4.39 Å². The summed E-state index contributed by atoms with van der Waals surface area (Å²) in [5.74, 6) is -0.248. The summed E-state index contributed by atoms with van der Waals surface area (Å²) in [5.41, 5.74) is 0.746. The fourth-order valence-electron chi connectivity index (χ4n) is 3.32. The van der Waals surface area contributed by atoms with Gasteiger partial charge in [-0.1, -0.05) is 6.07 Å². The number of hydrogen-bond acceptors (Lipinski definition) is 3. The summed E-state index contributed by atoms with van der Waals surface area (Å²) in [6.45, 7) is 2.74. The Morgan fingerprint density at radius 2 is 2.32 bits per heavy atom. The molecule has 2 aromatic rings. The van der Waals surface area contributed by atoms with Gasteiger partial charge in [-0.15, -0.1) is 11.3 Å². The maximum atomic E-state index is 14.0. The number of aliphatic hydroxyl groups is 1. The predicted octanol–water partition coefficient (Wildman–Crippen LogP) is 3.73. The smallest absolute Gasteiger partial charge is 0.264 e. The van der Waals surface area contributed by atoms with Crippen molar-refractivity contribution in [3.63, 3.8) is 0 Å². The van der Waals surface area contributed by atoms with Gasteiger partial charge in [-0.3, -0.25) is 4.79 Å². The molecule has 1 atom stereocenters. The van der Waals surface area contributed by atoms with Crippen LogP contribution in [0.15, 0.2) is 18.2 Å². The second-order valence-corrected chi connectivity index (χ2v) is 6.88. The van der Waals surface area contributed by atoms with E-state index in [0.29, 0.717) is 16.7 Å². The molecule has 1 aromatic heterocycles. The number of carbonyl (C=O) groups excluding carboxylic acids is 1. The van der Waals surface area contributed by atoms with Crippen LogP contribution in [0.3, 0.4) is 0 Å². The van der Waals surface area contributed by atoms with Crippen LogP contribution in [0.5, 0.6) is 0 Å². The number of aryl methyl sites for hydroxylation is 1. The van der Waals surface area contributed by atoms with Gasteiger partial charge < -0.3 is 10.0 Å². The van der Waals surface area contributed by atoms with E-state index in [4.69, 9.17) is 5.11 Å². The molecule has 1 saturated heterocycles. The Kier molecular flexibility index (Phi) is 4.45. The average Bonchev–Trinajstić information content (AvgIpc) is 3.10. The van der Waals surface area contributed by atoms with Crippen molar-refractivity contribution in [2.75, 3.05) is 13.2 Å². The first kappa shape index (κ1) is 15.4. The Labute approximate surface area is 133 Å². The van der Waals surface area contributed by atoms with Crippen molar-refractivity contribution in [3.05, 3.63) is 34.5 Å². The van der Waals surface area contributed by atoms with E-state index >= 15 is 0 Å². The molecule has 0 aliphatic carbocycles. The molecule has 1 fully saturated rings. The van der Waals surface area contributed by atoms with Gasteiger partial charge in [-0.2, -0.15) is 0 Å². The number of benzene rings is 1. The molecule has 0 bridgehead atoms. The van der Waals surface area contributed by atoms with Gasteiger partial charge in [-0.05, 0) is 50.3 Å². The molecule has 118 valence electrons. The number of likely N-dealkylation sites (tertiary alicyclic amines) is 1. The van der Waals surface area contributed by atoms with Gasteiger partial charge in [0.05, 0.1) is 4.88 Å². The molecule has 1 N–H and O–H groups in total. The molecule has 1 amide bonds. The normalized spacial score (nSPS) is 18.3. The molecule has 1 unspecified atom stereocenters. The van der Waals surface area contributed by atoms with Gasteiger partial charge in [0.2, 0.25) is 0 Å². The number of thiophene rings is 1. The summed E-state index contributed by atoms with van der Waals surface area (Å²) in [6, 6.07) is 5.19. The highest BCUT2D eigenvalue weighted by atomic mass is 32.1. The highest BCUT2D eigenvalue weighted by molar-refractivity contribution is 7.21. The number of halogens is 1. The van der Waals surface area contributed by atoms with Crippen molar-refractivity contribution in [3.8, 4) is 0 Å². The molecule has 22 heavy (non-hydrogen) atoms. The Hall–Kier alpha value is -1.46. The van der Waals surface area contributed by atoms with Crippen LogP contribution in [-0.2, 0) is 0 Å². The van der Waals surface area contributed by atoms with Gasteiger partial charge in [-0.25, -0.2) is 4.39 Å². The summed E-state index contributed by atoms with van der Waals surface area (Å²) >= 11 is 1.38. The van der Waals surface area contributed by atoms with Crippen molar-refractivity contribution in [2.24, 2.45) is 0 Å². The van der Waals surface area contributed by atoms with E-state index in [1.54, 1.807) is 6.07 Å². The van der Waals surface area contributed by atoms with Gasteiger partial charge in [0.15, 0.2) is 0 Å². The average molecular weight is 321 g/mol. The van der Waals surface area contributed by atoms with Gasteiger partial charge in [0, 0.05) is 29.3 Å². The quantitative estimate of drug-likeness (QED) is 0.932. The molecule has 0 radical (unpaired) electrons. The Morgan fingerprint density at radius 3 is 3.05 bits per heavy atom. The van der Waals surface area contributed by atoms with E-state index in [1.807, 2.05) is 17.9 Å². The van der Waals surface area contributed by atoms with Crippen LogP contribution in [0, 0.1) is 12.7 Å². The standard InChI is InChI=1S/C17H20FNO2S/c1-11-15-13(18)7-2-8-14(15)22-16(11)17(21)19-9-3-5-12(19)6-4-10-20/h2,7-8,12,20H,3-6,9-10H2,1H3. The van der Waals surface area contributed by atoms with E-state index in [9.17, 15) is 9.18 Å². The largest absolute Gasteiger partial charge is 0.396 e. The van der Waals surface area contributed by atoms with E-state index in [0.717, 1.165) is 36.1 Å². The van der Waals surface area contributed by atoms with Crippen LogP contribution in [-0.4, -0.2) is 35.1 Å². The van der Waals surface area contributed by atoms with E-state index in [-0.39, 0.29) is 24.4 Å². The number of fused-ring (bicyclic) bond motifs is 1. The Morgan fingerprint density at radius 1 is 1.50 bits per heavy atom. The lowest BCUT2D eigenvalue weighted by Gasteiger charge is -2.24. The topological polar surface area (TPSA) is 40.5 Å². The number of rotatable bonds is 4. The number of amides is 1. The molecule has 0 spiro atoms. The SMILES string of the molecule is Cc1c(C(=O)N2CCCC2CCCO)sc2cccc(F)c12. The third kappa shape index (κ3) is 2.63. The van der Waals surface area contributed by atoms with Gasteiger partial charge in [0.25, 0.3) is 5.91 Å². The monoisotopic (exact) mass is 321 g/mol. The number of nitrogens with zero attached hydrogens (tertiary/aromatic N) is 1. The van der Waals surface area contributed by atoms with Crippen molar-refractivity contribution in [1.29, 1.82) is 0 Å². The van der Waals surface area contributed by atoms with Crippen LogP contribution in [0.1, 0.15) is 40.9 Å². The van der Waals surface area contributed by atoms with Gasteiger partial charge in [0.1, 0.15) is 5.82 Å². The summed E-state index contributed by atoms with van der Waals surface area (Å²) in [7, 11) is 0. The maximum absolute atomic E-state index is 14.0. The fourth-order valence-corrected chi connectivity index (χ4v) is 4.50. The second kappa shape index (κ2) is 6.34. The van der Waals surface area contributed by atoms with E-state index in [1.165, 1.54) is 17.4 Å². The predicted molar refractivity (Wildman–Crippen MR) is 86.9 cm³/mol. The van der Waals surface area contributed by atoms with Crippen LogP contribution < -0.4 is 0 Å². The molecule has 1 aliphatic rings. The Balaban J connectivity index is 1.92. The number of hydrogen-bond donors (Lipinski definition) is 1. The minimum absolute atomic E-state index is 0.0125. The molecule has 1 aromatic carbocycles. The lowest BCUT2D eigenvalue weighted by Crippen LogP contribution is -2.35. The lowest BCUT2D eigenvalue weighted by molar-refractivity contribution is 0.0729. The maximum Gasteiger partial charge on any atom is 0.264 e. The minimum Gasteiger partial charge on any atom is -0.396 e. The summed E-state index contributed by atoms with van der Waals surface area (Å²) < 4.78 is 14.8. The third-order valence-corrected chi connectivity index (χ3v) is 5.68. The summed E-state index contributed by atoms with van der Waals surface area (Å²) in [6.07, 6.45) is 3.54. The molecule has 0 saturated carbocycles. The zero-order chi connectivity index (χ0) is 15.7. The molecular formula is C17H20FNO2S. The first-order valence-electron chi connectivity index (χ1n) is 7.73. The van der Waals surface area contributed by atoms with E-state index < -0.39 is 0 Å². The van der Waals surface area contributed by atoms with Crippen LogP contribution >= 0.6 is 11.3 Å². The second-order valence-electron chi connectivity index (χ2n) is 5.83. The molecule has 1 aliphatic heterocycles. The zero-order valence-electron chi connectivity index (χ0n) is 12.6. The molecule has 3 nitrogen and oxygen atoms in total. The van der Waals surface area contributed by atoms with Crippen LogP contribution in [0.25, 0.3) is 10.1 Å². The number of carbonyl (C=O) groups is 1. The van der Waals surface area contributed by atoms with Crippen molar-refractivity contribution in [1.82, 2.24) is 4.90 Å². The fraction of sp³-hybridized carbons (Fsp3) is 0.471. The highest BCUT2D eigenvalue weighted by Crippen LogP contribution is 2.35. The van der Waals surface area contributed by atoms with Crippen LogP contribution in [0.2, 0.25) is 0 Å². The first-order chi connectivity index (χ1) is 10.6. The molecule has 5 heteroatoms. The third-order valence-electron chi connectivity index (χ3n) is 4.43.